The van der Waals surface area contributed by atoms with Crippen LogP contribution in [0.4, 0.5) is 0 Å². The van der Waals surface area contributed by atoms with E-state index in [0.717, 1.165) is 22.3 Å². The zero-order chi connectivity index (χ0) is 27.5. The Morgan fingerprint density at radius 3 is 1.95 bits per heavy atom. The first-order chi connectivity index (χ1) is 18.5. The third-order valence-corrected chi connectivity index (χ3v) is 8.08. The van der Waals surface area contributed by atoms with Gasteiger partial charge in [0.05, 0.1) is 5.69 Å². The first-order valence-corrected chi connectivity index (χ1v) is 13.9. The van der Waals surface area contributed by atoms with Gasteiger partial charge in [-0.1, -0.05) is 126 Å². The van der Waals surface area contributed by atoms with Gasteiger partial charge in [0.25, 0.3) is 0 Å². The molecule has 0 aliphatic heterocycles. The SMILES string of the molecule is CC(C)(C)c1cc([C@H]2c3ccccc3C=C(c3ccccc3)c3[nH]c4ccccc4c32)cc(C(C)(C)C)c1O. The molecule has 1 heterocycles. The van der Waals surface area contributed by atoms with E-state index in [1.54, 1.807) is 0 Å². The van der Waals surface area contributed by atoms with Crippen LogP contribution in [0.25, 0.3) is 22.6 Å². The van der Waals surface area contributed by atoms with Gasteiger partial charge in [0.15, 0.2) is 0 Å². The average Bonchev–Trinajstić information content (AvgIpc) is 3.20. The quantitative estimate of drug-likeness (QED) is 0.238. The van der Waals surface area contributed by atoms with Gasteiger partial charge in [-0.05, 0) is 61.9 Å². The molecule has 2 nitrogen and oxygen atoms in total. The van der Waals surface area contributed by atoms with E-state index in [1.807, 2.05) is 0 Å². The van der Waals surface area contributed by atoms with Crippen molar-refractivity contribution in [1.82, 2.24) is 4.98 Å². The molecule has 2 heteroatoms. The molecule has 6 rings (SSSR count). The number of aromatic hydroxyl groups is 1. The van der Waals surface area contributed by atoms with Gasteiger partial charge in [-0.3, -0.25) is 0 Å². The van der Waals surface area contributed by atoms with E-state index in [-0.39, 0.29) is 16.7 Å². The number of hydrogen-bond acceptors (Lipinski definition) is 1. The Morgan fingerprint density at radius 2 is 1.28 bits per heavy atom. The summed E-state index contributed by atoms with van der Waals surface area (Å²) in [6, 6.07) is 32.6. The number of para-hydroxylation sites is 1. The van der Waals surface area contributed by atoms with E-state index in [9.17, 15) is 5.11 Å². The predicted octanol–water partition coefficient (Wildman–Crippen LogP) is 9.55. The summed E-state index contributed by atoms with van der Waals surface area (Å²) in [5, 5.41) is 12.8. The van der Waals surface area contributed by atoms with E-state index < -0.39 is 0 Å². The molecule has 0 fully saturated rings. The highest BCUT2D eigenvalue weighted by Gasteiger charge is 2.33. The van der Waals surface area contributed by atoms with Gasteiger partial charge < -0.3 is 10.1 Å². The molecule has 0 saturated heterocycles. The van der Waals surface area contributed by atoms with Crippen molar-refractivity contribution in [2.45, 2.75) is 58.3 Å². The fourth-order valence-corrected chi connectivity index (χ4v) is 6.12. The van der Waals surface area contributed by atoms with Crippen LogP contribution in [0.2, 0.25) is 0 Å². The molecule has 1 aliphatic rings. The highest BCUT2D eigenvalue weighted by atomic mass is 16.3. The Kier molecular flexibility index (Phi) is 5.84. The van der Waals surface area contributed by atoms with E-state index in [4.69, 9.17) is 0 Å². The second kappa shape index (κ2) is 9.02. The number of benzene rings is 4. The third-order valence-electron chi connectivity index (χ3n) is 8.08. The summed E-state index contributed by atoms with van der Waals surface area (Å²) >= 11 is 0. The van der Waals surface area contributed by atoms with Crippen LogP contribution < -0.4 is 0 Å². The van der Waals surface area contributed by atoms with Gasteiger partial charge in [-0.25, -0.2) is 0 Å². The first kappa shape index (κ1) is 25.2. The Balaban J connectivity index is 1.75. The molecule has 196 valence electrons. The van der Waals surface area contributed by atoms with Crippen LogP contribution >= 0.6 is 0 Å². The van der Waals surface area contributed by atoms with Crippen LogP contribution in [-0.4, -0.2) is 10.1 Å². The molecule has 1 aliphatic carbocycles. The lowest BCUT2D eigenvalue weighted by molar-refractivity contribution is 0.422. The van der Waals surface area contributed by atoms with Crippen molar-refractivity contribution in [2.75, 3.05) is 0 Å². The van der Waals surface area contributed by atoms with Gasteiger partial charge in [0.1, 0.15) is 5.75 Å². The largest absolute Gasteiger partial charge is 0.507 e. The number of aromatic amines is 1. The number of rotatable bonds is 2. The van der Waals surface area contributed by atoms with Crippen molar-refractivity contribution in [3.63, 3.8) is 0 Å². The molecular weight excluding hydrogens is 474 g/mol. The van der Waals surface area contributed by atoms with Crippen LogP contribution in [0, 0.1) is 0 Å². The standard InChI is InChI=1S/C37H37NO/c1-36(2,3)29-21-25(22-30(35(29)39)37(4,5)6)32-26-17-11-10-16-24(26)20-28(23-14-8-7-9-15-23)34-33(32)27-18-12-13-19-31(27)38-34/h7-22,32,38-39H,1-6H3/t32-/m0/s1. The number of nitrogens with one attached hydrogen (secondary N) is 1. The minimum absolute atomic E-state index is 0.00684. The molecule has 1 aromatic heterocycles. The minimum atomic E-state index is -0.208. The molecule has 1 atom stereocenters. The van der Waals surface area contributed by atoms with Crippen molar-refractivity contribution < 1.29 is 5.11 Å². The average molecular weight is 512 g/mol. The van der Waals surface area contributed by atoms with Gasteiger partial charge >= 0.3 is 0 Å². The number of phenolic OH excluding ortho intramolecular Hbond substituents is 1. The maximum Gasteiger partial charge on any atom is 0.123 e. The van der Waals surface area contributed by atoms with E-state index in [2.05, 4.69) is 144 Å². The van der Waals surface area contributed by atoms with Crippen LogP contribution in [0.3, 0.4) is 0 Å². The van der Waals surface area contributed by atoms with Crippen LogP contribution in [0.15, 0.2) is 91.0 Å². The summed E-state index contributed by atoms with van der Waals surface area (Å²) < 4.78 is 0. The number of hydrogen-bond donors (Lipinski definition) is 2. The topological polar surface area (TPSA) is 36.0 Å². The highest BCUT2D eigenvalue weighted by molar-refractivity contribution is 6.00. The molecule has 0 amide bonds. The zero-order valence-corrected chi connectivity index (χ0v) is 23.8. The Hall–Kier alpha value is -4.04. The van der Waals surface area contributed by atoms with Gasteiger partial charge in [-0.2, -0.15) is 0 Å². The smallest absolute Gasteiger partial charge is 0.123 e. The van der Waals surface area contributed by atoms with Crippen LogP contribution in [-0.2, 0) is 10.8 Å². The van der Waals surface area contributed by atoms with Crippen molar-refractivity contribution in [3.05, 3.63) is 136 Å². The van der Waals surface area contributed by atoms with Crippen molar-refractivity contribution >= 4 is 22.6 Å². The second-order valence-corrected chi connectivity index (χ2v) is 12.9. The van der Waals surface area contributed by atoms with Crippen molar-refractivity contribution in [3.8, 4) is 5.75 Å². The van der Waals surface area contributed by atoms with Gasteiger partial charge in [0.2, 0.25) is 0 Å². The molecule has 2 N–H and O–H groups in total. The van der Waals surface area contributed by atoms with E-state index >= 15 is 0 Å². The zero-order valence-electron chi connectivity index (χ0n) is 23.8. The van der Waals surface area contributed by atoms with Crippen LogP contribution in [0.5, 0.6) is 5.75 Å². The number of aromatic nitrogens is 1. The summed E-state index contributed by atoms with van der Waals surface area (Å²) in [5.41, 5.74) is 11.2. The maximum atomic E-state index is 11.5. The summed E-state index contributed by atoms with van der Waals surface area (Å²) in [5.74, 6) is 0.413. The molecule has 0 spiro atoms. The Labute approximate surface area is 232 Å². The molecule has 0 radical (unpaired) electrons. The molecular formula is C37H37NO. The monoisotopic (exact) mass is 511 g/mol. The van der Waals surface area contributed by atoms with Gasteiger partial charge in [0, 0.05) is 22.4 Å². The van der Waals surface area contributed by atoms with E-state index in [1.165, 1.54) is 38.8 Å². The van der Waals surface area contributed by atoms with Crippen molar-refractivity contribution in [2.24, 2.45) is 0 Å². The fraction of sp³-hybridized carbons (Fsp3) is 0.243. The fourth-order valence-electron chi connectivity index (χ4n) is 6.12. The highest BCUT2D eigenvalue weighted by Crippen LogP contribution is 2.49. The number of fused-ring (bicyclic) bond motifs is 4. The summed E-state index contributed by atoms with van der Waals surface area (Å²) in [4.78, 5) is 3.82. The molecule has 39 heavy (non-hydrogen) atoms. The Morgan fingerprint density at radius 1 is 0.692 bits per heavy atom. The maximum absolute atomic E-state index is 11.5. The molecule has 0 saturated carbocycles. The summed E-state index contributed by atoms with van der Waals surface area (Å²) in [6.07, 6.45) is 2.34. The predicted molar refractivity (Wildman–Crippen MR) is 165 cm³/mol. The summed E-state index contributed by atoms with van der Waals surface area (Å²) in [6.45, 7) is 13.1. The number of H-pyrrole nitrogens is 1. The lowest BCUT2D eigenvalue weighted by atomic mass is 9.74. The van der Waals surface area contributed by atoms with Crippen LogP contribution in [0.1, 0.15) is 92.1 Å². The first-order valence-electron chi connectivity index (χ1n) is 13.9. The lowest BCUT2D eigenvalue weighted by Gasteiger charge is -2.30. The van der Waals surface area contributed by atoms with E-state index in [0.29, 0.717) is 5.75 Å². The molecule has 5 aromatic rings. The lowest BCUT2D eigenvalue weighted by Crippen LogP contribution is -2.19. The Bertz CT molecular complexity index is 1690. The van der Waals surface area contributed by atoms with Crippen molar-refractivity contribution in [1.29, 1.82) is 0 Å². The summed E-state index contributed by atoms with van der Waals surface area (Å²) in [7, 11) is 0. The minimum Gasteiger partial charge on any atom is -0.507 e. The number of phenols is 1. The normalized spacial score (nSPS) is 15.4. The molecule has 0 bridgehead atoms. The molecule has 0 unspecified atom stereocenters. The second-order valence-electron chi connectivity index (χ2n) is 12.9. The van der Waals surface area contributed by atoms with Gasteiger partial charge in [-0.15, -0.1) is 0 Å². The third kappa shape index (κ3) is 4.29. The molecule has 4 aromatic carbocycles.